The van der Waals surface area contributed by atoms with Crippen LogP contribution >= 0.6 is 0 Å². The van der Waals surface area contributed by atoms with Gasteiger partial charge in [0, 0.05) is 12.1 Å². The molecule has 0 spiro atoms. The van der Waals surface area contributed by atoms with Crippen molar-refractivity contribution in [3.8, 4) is 0 Å². The number of cyclic esters (lactones) is 1. The zero-order valence-corrected chi connectivity index (χ0v) is 7.39. The molecule has 0 aromatic carbocycles. The summed E-state index contributed by atoms with van der Waals surface area (Å²) in [5.74, 6) is -0.368. The van der Waals surface area contributed by atoms with Crippen LogP contribution in [0.25, 0.3) is 0 Å². The number of carbonyl (C=O) groups excluding carboxylic acids is 1. The van der Waals surface area contributed by atoms with Crippen LogP contribution in [0, 0.1) is 10.1 Å². The van der Waals surface area contributed by atoms with Gasteiger partial charge in [-0.15, -0.1) is 10.1 Å². The molecule has 0 aromatic heterocycles. The highest BCUT2D eigenvalue weighted by atomic mass is 16.9. The summed E-state index contributed by atoms with van der Waals surface area (Å²) in [5, 5.41) is 11.6. The third-order valence-electron chi connectivity index (χ3n) is 1.66. The summed E-state index contributed by atoms with van der Waals surface area (Å²) in [5.41, 5.74) is 0.283. The highest BCUT2D eigenvalue weighted by molar-refractivity contribution is 5.77. The van der Waals surface area contributed by atoms with Gasteiger partial charge in [0.15, 0.2) is 0 Å². The van der Waals surface area contributed by atoms with Crippen molar-refractivity contribution in [3.63, 3.8) is 0 Å². The molecule has 78 valence electrons. The Labute approximate surface area is 79.8 Å². The zero-order valence-electron chi connectivity index (χ0n) is 7.39. The van der Waals surface area contributed by atoms with Crippen LogP contribution in [0.4, 0.5) is 0 Å². The normalized spacial score (nSPS) is 20.0. The summed E-state index contributed by atoms with van der Waals surface area (Å²) in [6.45, 7) is 3.57. The van der Waals surface area contributed by atoms with E-state index in [4.69, 9.17) is 0 Å². The second-order valence-electron chi connectivity index (χ2n) is 2.75. The van der Waals surface area contributed by atoms with E-state index >= 15 is 0 Å². The second-order valence-corrected chi connectivity index (χ2v) is 2.75. The molecule has 0 aliphatic carbocycles. The fourth-order valence-corrected chi connectivity index (χ4v) is 1.05. The Kier molecular flexibility index (Phi) is 3.27. The smallest absolute Gasteiger partial charge is 0.328 e. The Morgan fingerprint density at radius 2 is 2.57 bits per heavy atom. The maximum Gasteiger partial charge on any atom is 0.328 e. The first kappa shape index (κ1) is 10.3. The van der Waals surface area contributed by atoms with Crippen molar-refractivity contribution in [3.05, 3.63) is 22.4 Å². The van der Waals surface area contributed by atoms with Crippen molar-refractivity contribution >= 4 is 5.97 Å². The number of nitrogens with one attached hydrogen (secondary N) is 1. The lowest BCUT2D eigenvalue weighted by Gasteiger charge is -2.11. The molecule has 0 aromatic rings. The van der Waals surface area contributed by atoms with Gasteiger partial charge in [-0.25, -0.2) is 4.79 Å². The molecule has 1 unspecified atom stereocenters. The lowest BCUT2D eigenvalue weighted by atomic mass is 10.2. The van der Waals surface area contributed by atoms with Crippen molar-refractivity contribution < 1.29 is 19.5 Å². The van der Waals surface area contributed by atoms with E-state index < -0.39 is 11.1 Å². The van der Waals surface area contributed by atoms with E-state index in [1.807, 2.05) is 0 Å². The molecular formula is C7H10N2O5. The molecule has 7 nitrogen and oxygen atoms in total. The summed E-state index contributed by atoms with van der Waals surface area (Å²) in [4.78, 5) is 24.8. The maximum atomic E-state index is 10.9. The van der Waals surface area contributed by atoms with Crippen LogP contribution in [0.2, 0.25) is 0 Å². The van der Waals surface area contributed by atoms with Crippen molar-refractivity contribution in [1.82, 2.24) is 5.32 Å². The molecule has 0 radical (unpaired) electrons. The lowest BCUT2D eigenvalue weighted by molar-refractivity contribution is -0.755. The summed E-state index contributed by atoms with van der Waals surface area (Å²) < 4.78 is 4.67. The molecule has 14 heavy (non-hydrogen) atoms. The Hall–Kier alpha value is -1.79. The van der Waals surface area contributed by atoms with Gasteiger partial charge in [-0.3, -0.25) is 0 Å². The molecule has 1 heterocycles. The van der Waals surface area contributed by atoms with Gasteiger partial charge in [0.05, 0.1) is 6.61 Å². The van der Waals surface area contributed by atoms with Crippen molar-refractivity contribution in [2.45, 2.75) is 12.5 Å². The maximum absolute atomic E-state index is 10.9. The molecule has 1 rings (SSSR count). The van der Waals surface area contributed by atoms with E-state index in [2.05, 4.69) is 21.5 Å². The molecule has 0 saturated carbocycles. The zero-order chi connectivity index (χ0) is 10.6. The molecule has 1 aliphatic rings. The average Bonchev–Trinajstić information content (AvgIpc) is 2.49. The van der Waals surface area contributed by atoms with Crippen LogP contribution in [0.15, 0.2) is 12.3 Å². The van der Waals surface area contributed by atoms with Gasteiger partial charge in [0.1, 0.15) is 12.6 Å². The van der Waals surface area contributed by atoms with Crippen molar-refractivity contribution in [2.75, 3.05) is 13.2 Å². The molecule has 0 amide bonds. The molecule has 1 aliphatic heterocycles. The third kappa shape index (κ3) is 2.92. The van der Waals surface area contributed by atoms with Gasteiger partial charge in [0.25, 0.3) is 5.09 Å². The van der Waals surface area contributed by atoms with E-state index in [0.717, 1.165) is 0 Å². The van der Waals surface area contributed by atoms with Crippen molar-refractivity contribution in [2.24, 2.45) is 0 Å². The molecular weight excluding hydrogens is 192 g/mol. The minimum atomic E-state index is -0.917. The monoisotopic (exact) mass is 202 g/mol. The summed E-state index contributed by atoms with van der Waals surface area (Å²) >= 11 is 0. The van der Waals surface area contributed by atoms with Crippen molar-refractivity contribution in [1.29, 1.82) is 0 Å². The van der Waals surface area contributed by atoms with Crippen LogP contribution < -0.4 is 5.32 Å². The van der Waals surface area contributed by atoms with Crippen LogP contribution in [0.3, 0.4) is 0 Å². The van der Waals surface area contributed by atoms with Crippen LogP contribution in [0.1, 0.15) is 6.42 Å². The molecule has 7 heteroatoms. The van der Waals surface area contributed by atoms with E-state index in [9.17, 15) is 14.9 Å². The van der Waals surface area contributed by atoms with Crippen LogP contribution in [-0.2, 0) is 14.4 Å². The topological polar surface area (TPSA) is 90.7 Å². The van der Waals surface area contributed by atoms with Gasteiger partial charge in [-0.2, -0.15) is 0 Å². The number of ether oxygens (including phenoxy) is 1. The highest BCUT2D eigenvalue weighted by Crippen LogP contribution is 2.07. The van der Waals surface area contributed by atoms with E-state index in [1.165, 1.54) is 0 Å². The first-order valence-electron chi connectivity index (χ1n) is 3.98. The predicted molar refractivity (Wildman–Crippen MR) is 44.6 cm³/mol. The highest BCUT2D eigenvalue weighted by Gasteiger charge is 2.26. The second kappa shape index (κ2) is 4.45. The molecule has 1 atom stereocenters. The molecule has 1 saturated heterocycles. The quantitative estimate of drug-likeness (QED) is 0.371. The number of hydrogen-bond acceptors (Lipinski definition) is 6. The number of hydrogen-bond donors (Lipinski definition) is 1. The number of carbonyl (C=O) groups is 1. The fraction of sp³-hybridized carbons (Fsp3) is 0.571. The Bertz CT molecular complexity index is 265. The summed E-state index contributed by atoms with van der Waals surface area (Å²) in [7, 11) is 0. The van der Waals surface area contributed by atoms with Crippen LogP contribution in [0.5, 0.6) is 0 Å². The van der Waals surface area contributed by atoms with E-state index in [-0.39, 0.29) is 18.3 Å². The first-order valence-corrected chi connectivity index (χ1v) is 3.98. The summed E-state index contributed by atoms with van der Waals surface area (Å²) in [6, 6.07) is -0.460. The predicted octanol–water partition coefficient (Wildman–Crippen LogP) is -0.387. The average molecular weight is 202 g/mol. The minimum Gasteiger partial charge on any atom is -0.464 e. The fourth-order valence-electron chi connectivity index (χ4n) is 1.05. The van der Waals surface area contributed by atoms with Gasteiger partial charge in [-0.05, 0) is 0 Å². The van der Waals surface area contributed by atoms with E-state index in [1.54, 1.807) is 0 Å². The Morgan fingerprint density at radius 1 is 1.86 bits per heavy atom. The number of rotatable bonds is 5. The Morgan fingerprint density at radius 3 is 3.07 bits per heavy atom. The number of nitrogens with zero attached hydrogens (tertiary/aromatic N) is 1. The summed E-state index contributed by atoms with van der Waals surface area (Å²) in [6.07, 6.45) is 0.538. The minimum absolute atomic E-state index is 0.267. The van der Waals surface area contributed by atoms with Gasteiger partial charge < -0.3 is 14.9 Å². The number of esters is 1. The standard InChI is InChI=1S/C7H10N2O5/c1-5(4-14-9(11)12)8-6-2-3-13-7(6)10/h6,8H,1-4H2. The third-order valence-corrected chi connectivity index (χ3v) is 1.66. The largest absolute Gasteiger partial charge is 0.464 e. The molecule has 1 fully saturated rings. The first-order chi connectivity index (χ1) is 6.59. The lowest BCUT2D eigenvalue weighted by Crippen LogP contribution is -2.33. The van der Waals surface area contributed by atoms with Gasteiger partial charge in [-0.1, -0.05) is 6.58 Å². The molecule has 1 N–H and O–H groups in total. The van der Waals surface area contributed by atoms with Gasteiger partial charge >= 0.3 is 5.97 Å². The van der Waals surface area contributed by atoms with E-state index in [0.29, 0.717) is 13.0 Å². The van der Waals surface area contributed by atoms with Gasteiger partial charge in [0.2, 0.25) is 0 Å². The molecule has 0 bridgehead atoms. The SMILES string of the molecule is C=C(CO[N+](=O)[O-])NC1CCOC1=O. The van der Waals surface area contributed by atoms with Crippen LogP contribution in [-0.4, -0.2) is 30.3 Å². The Balaban J connectivity index is 2.26.